The second-order valence-electron chi connectivity index (χ2n) is 11.1. The minimum Gasteiger partial charge on any atom is -0.490 e. The third kappa shape index (κ3) is 6.28. The number of hydrogen-bond donors (Lipinski definition) is 0. The first-order valence-electron chi connectivity index (χ1n) is 15.8. The predicted molar refractivity (Wildman–Crippen MR) is 176 cm³/mol. The molecule has 46 heavy (non-hydrogen) atoms. The van der Waals surface area contributed by atoms with Crippen molar-refractivity contribution in [3.63, 3.8) is 0 Å². The lowest BCUT2D eigenvalue weighted by molar-refractivity contribution is -0.139. The molecule has 2 aliphatic rings. The van der Waals surface area contributed by atoms with Crippen LogP contribution in [0.25, 0.3) is 5.57 Å². The minimum absolute atomic E-state index is 0.131. The number of hydrogen-bond acceptors (Lipinski definition) is 9. The Labute approximate surface area is 271 Å². The number of amides is 1. The van der Waals surface area contributed by atoms with E-state index in [1.54, 1.807) is 43.9 Å². The van der Waals surface area contributed by atoms with E-state index in [-0.39, 0.29) is 34.1 Å². The Balaban J connectivity index is 1.69. The molecule has 11 heteroatoms. The molecule has 5 rings (SSSR count). The van der Waals surface area contributed by atoms with Gasteiger partial charge in [0, 0.05) is 19.0 Å². The topological polar surface area (TPSA) is 117 Å². The van der Waals surface area contributed by atoms with Gasteiger partial charge in [-0.3, -0.25) is 19.0 Å². The number of rotatable bonds is 12. The summed E-state index contributed by atoms with van der Waals surface area (Å²) < 4.78 is 18.3. The molecule has 10 nitrogen and oxygen atoms in total. The summed E-state index contributed by atoms with van der Waals surface area (Å²) in [7, 11) is 0. The highest BCUT2D eigenvalue weighted by molar-refractivity contribution is 7.07. The zero-order valence-corrected chi connectivity index (χ0v) is 27.7. The lowest BCUT2D eigenvalue weighted by atomic mass is 9.95. The van der Waals surface area contributed by atoms with E-state index in [9.17, 15) is 19.2 Å². The van der Waals surface area contributed by atoms with E-state index < -0.39 is 23.5 Å². The summed E-state index contributed by atoms with van der Waals surface area (Å²) in [6.07, 6.45) is 5.29. The zero-order chi connectivity index (χ0) is 33.0. The molecule has 0 fully saturated rings. The van der Waals surface area contributed by atoms with E-state index >= 15 is 0 Å². The van der Waals surface area contributed by atoms with Crippen molar-refractivity contribution in [2.24, 2.45) is 4.99 Å². The normalized spacial score (nSPS) is 16.6. The quantitative estimate of drug-likeness (QED) is 0.158. The number of ether oxygens (including phenoxy) is 3. The van der Waals surface area contributed by atoms with Gasteiger partial charge in [-0.2, -0.15) is 0 Å². The molecule has 2 aromatic carbocycles. The number of benzene rings is 2. The molecule has 1 aromatic heterocycles. The molecule has 1 amide bonds. The highest BCUT2D eigenvalue weighted by Gasteiger charge is 2.37. The molecule has 0 N–H and O–H groups in total. The molecule has 0 unspecified atom stereocenters. The maximum absolute atomic E-state index is 14.5. The van der Waals surface area contributed by atoms with Crippen LogP contribution in [0.5, 0.6) is 11.5 Å². The van der Waals surface area contributed by atoms with Crippen molar-refractivity contribution in [1.82, 2.24) is 4.57 Å². The van der Waals surface area contributed by atoms with Crippen molar-refractivity contribution in [2.75, 3.05) is 24.7 Å². The fraction of sp³-hybridized carbons (Fsp3) is 0.400. The molecule has 0 saturated heterocycles. The average Bonchev–Trinajstić information content (AvgIpc) is 3.49. The van der Waals surface area contributed by atoms with Crippen LogP contribution >= 0.6 is 11.3 Å². The number of nitrogens with zero attached hydrogens (tertiary/aromatic N) is 3. The number of unbranched alkanes of at least 4 members (excludes halogenated alkanes) is 4. The molecule has 0 bridgehead atoms. The van der Waals surface area contributed by atoms with Crippen LogP contribution in [0, 0.1) is 0 Å². The highest BCUT2D eigenvalue weighted by atomic mass is 32.1. The fourth-order valence-electron chi connectivity index (χ4n) is 5.95. The van der Waals surface area contributed by atoms with Gasteiger partial charge in [-0.25, -0.2) is 9.79 Å². The van der Waals surface area contributed by atoms with Gasteiger partial charge in [-0.05, 0) is 51.0 Å². The van der Waals surface area contributed by atoms with Crippen LogP contribution in [0.3, 0.4) is 0 Å². The van der Waals surface area contributed by atoms with Gasteiger partial charge in [0.1, 0.15) is 4.53 Å². The van der Waals surface area contributed by atoms with Crippen LogP contribution in [0.15, 0.2) is 63.5 Å². The van der Waals surface area contributed by atoms with Gasteiger partial charge in [0.15, 0.2) is 16.3 Å². The Morgan fingerprint density at radius 3 is 2.43 bits per heavy atom. The average molecular weight is 646 g/mol. The maximum Gasteiger partial charge on any atom is 0.338 e. The largest absolute Gasteiger partial charge is 0.490 e. The Bertz CT molecular complexity index is 1890. The van der Waals surface area contributed by atoms with Gasteiger partial charge in [0.25, 0.3) is 11.5 Å². The molecule has 0 saturated carbocycles. The van der Waals surface area contributed by atoms with E-state index in [1.165, 1.54) is 11.5 Å². The third-order valence-corrected chi connectivity index (χ3v) is 9.02. The molecule has 3 heterocycles. The van der Waals surface area contributed by atoms with Gasteiger partial charge in [0.2, 0.25) is 0 Å². The number of carbonyl (C=O) groups is 3. The smallest absolute Gasteiger partial charge is 0.338 e. The lowest BCUT2D eigenvalue weighted by Gasteiger charge is -2.25. The fourth-order valence-corrected chi connectivity index (χ4v) is 7.09. The molecule has 242 valence electrons. The molecule has 0 radical (unpaired) electrons. The summed E-state index contributed by atoms with van der Waals surface area (Å²) in [6.45, 7) is 9.65. The monoisotopic (exact) mass is 645 g/mol. The van der Waals surface area contributed by atoms with Crippen molar-refractivity contribution >= 4 is 40.4 Å². The van der Waals surface area contributed by atoms with E-state index in [4.69, 9.17) is 14.2 Å². The second kappa shape index (κ2) is 14.3. The van der Waals surface area contributed by atoms with E-state index in [1.807, 2.05) is 24.3 Å². The van der Waals surface area contributed by atoms with Crippen molar-refractivity contribution in [1.29, 1.82) is 0 Å². The number of para-hydroxylation sites is 1. The Morgan fingerprint density at radius 1 is 0.957 bits per heavy atom. The number of carbonyl (C=O) groups excluding carboxylic acids is 3. The highest BCUT2D eigenvalue weighted by Crippen LogP contribution is 2.38. The van der Waals surface area contributed by atoms with Gasteiger partial charge < -0.3 is 19.1 Å². The molecule has 0 spiro atoms. The minimum atomic E-state index is -0.934. The lowest BCUT2D eigenvalue weighted by Crippen LogP contribution is -2.41. The summed E-state index contributed by atoms with van der Waals surface area (Å²) in [4.78, 5) is 60.5. The number of allylic oxidation sites excluding steroid dienone is 1. The zero-order valence-electron chi connectivity index (χ0n) is 26.9. The van der Waals surface area contributed by atoms with Crippen molar-refractivity contribution in [2.45, 2.75) is 72.8 Å². The maximum atomic E-state index is 14.5. The molecule has 2 aliphatic heterocycles. The summed E-state index contributed by atoms with van der Waals surface area (Å²) >= 11 is 1.13. The summed E-state index contributed by atoms with van der Waals surface area (Å²) in [5.74, 6) is -0.835. The Morgan fingerprint density at radius 2 is 1.72 bits per heavy atom. The van der Waals surface area contributed by atoms with Crippen LogP contribution in [0.4, 0.5) is 5.69 Å². The first-order valence-corrected chi connectivity index (χ1v) is 16.6. The van der Waals surface area contributed by atoms with E-state index in [0.717, 1.165) is 49.1 Å². The van der Waals surface area contributed by atoms with Gasteiger partial charge in [-0.1, -0.05) is 68.2 Å². The number of anilines is 1. The van der Waals surface area contributed by atoms with E-state index in [2.05, 4.69) is 11.9 Å². The number of thiazole rings is 1. The molecule has 1 atom stereocenters. The van der Waals surface area contributed by atoms with Crippen molar-refractivity contribution < 1.29 is 28.6 Å². The molecular formula is C35H39N3O7S. The third-order valence-electron chi connectivity index (χ3n) is 7.97. The number of aromatic nitrogens is 1. The Kier molecular flexibility index (Phi) is 10.2. The standard InChI is InChI=1S/C35H39N3O7S/c1-6-9-10-11-14-19-37-25-16-13-12-15-24(25)29(32(37)40)31-33(41)38-30(28(34(42)44-8-3)21(4)36-35(38)46-31)23-17-18-26(45-22(5)39)27(20-23)43-7-2/h12-13,15-18,20,30H,6-11,14,19H2,1-5H3/b31-29-/t30-/m0/s1. The van der Waals surface area contributed by atoms with Gasteiger partial charge in [-0.15, -0.1) is 0 Å². The van der Waals surface area contributed by atoms with Crippen LogP contribution in [-0.4, -0.2) is 42.2 Å². The van der Waals surface area contributed by atoms with Crippen LogP contribution < -0.4 is 29.3 Å². The molecule has 3 aromatic rings. The van der Waals surface area contributed by atoms with Crippen LogP contribution in [0.2, 0.25) is 0 Å². The first kappa shape index (κ1) is 32.9. The summed E-state index contributed by atoms with van der Waals surface area (Å²) in [5, 5.41) is 0. The number of esters is 2. The Hall–Kier alpha value is -4.51. The van der Waals surface area contributed by atoms with Gasteiger partial charge in [0.05, 0.1) is 41.8 Å². The number of fused-ring (bicyclic) bond motifs is 2. The molecule has 0 aliphatic carbocycles. The first-order chi connectivity index (χ1) is 22.2. The van der Waals surface area contributed by atoms with Crippen molar-refractivity contribution in [3.8, 4) is 11.5 Å². The second-order valence-corrected chi connectivity index (χ2v) is 12.1. The van der Waals surface area contributed by atoms with Gasteiger partial charge >= 0.3 is 11.9 Å². The van der Waals surface area contributed by atoms with Crippen molar-refractivity contribution in [3.05, 3.63) is 84.5 Å². The SMILES string of the molecule is CCCCCCCN1C(=O)/C(=c2\sc3n(c2=O)[C@@H](c2ccc(OC(C)=O)c(OCC)c2)C(C(=O)OCC)=C(C)N=3)c2ccccc21. The predicted octanol–water partition coefficient (Wildman–Crippen LogP) is 4.81. The van der Waals surface area contributed by atoms with Crippen LogP contribution in [-0.2, 0) is 19.1 Å². The van der Waals surface area contributed by atoms with Crippen LogP contribution in [0.1, 0.15) is 83.9 Å². The summed E-state index contributed by atoms with van der Waals surface area (Å²) in [5.41, 5.74) is 2.51. The summed E-state index contributed by atoms with van der Waals surface area (Å²) in [6, 6.07) is 11.5. The van der Waals surface area contributed by atoms with E-state index in [0.29, 0.717) is 40.4 Å². The molecular weight excluding hydrogens is 606 g/mol.